The molecule has 86 valence electrons. The lowest BCUT2D eigenvalue weighted by Gasteiger charge is -2.28. The second kappa shape index (κ2) is 5.50. The summed E-state index contributed by atoms with van der Waals surface area (Å²) in [6.45, 7) is -1.83. The third-order valence-electron chi connectivity index (χ3n) is 1.48. The Morgan fingerprint density at radius 1 is 0.857 bits per heavy atom. The SMILES string of the molecule is COC(COCC(F)(F)F)(OC)OC. The molecule has 0 heterocycles. The fourth-order valence-electron chi connectivity index (χ4n) is 0.719. The van der Waals surface area contributed by atoms with E-state index in [4.69, 9.17) is 14.2 Å². The van der Waals surface area contributed by atoms with Gasteiger partial charge in [0, 0.05) is 21.3 Å². The van der Waals surface area contributed by atoms with Gasteiger partial charge in [-0.25, -0.2) is 0 Å². The second-order valence-electron chi connectivity index (χ2n) is 2.40. The molecule has 0 N–H and O–H groups in total. The maximum atomic E-state index is 11.7. The molecule has 0 aliphatic carbocycles. The lowest BCUT2D eigenvalue weighted by molar-refractivity contribution is -0.372. The van der Waals surface area contributed by atoms with Crippen LogP contribution in [0.3, 0.4) is 0 Å². The number of hydrogen-bond donors (Lipinski definition) is 0. The number of ether oxygens (including phenoxy) is 4. The molecular weight excluding hydrogens is 205 g/mol. The molecule has 0 aromatic rings. The number of alkyl halides is 3. The van der Waals surface area contributed by atoms with Crippen LogP contribution in [0.4, 0.5) is 13.2 Å². The molecule has 0 saturated heterocycles. The van der Waals surface area contributed by atoms with Crippen LogP contribution in [0.25, 0.3) is 0 Å². The number of rotatable bonds is 6. The third kappa shape index (κ3) is 4.75. The molecule has 0 rings (SSSR count). The van der Waals surface area contributed by atoms with Crippen LogP contribution in [0.1, 0.15) is 0 Å². The minimum atomic E-state index is -4.37. The van der Waals surface area contributed by atoms with E-state index in [0.717, 1.165) is 0 Å². The minimum absolute atomic E-state index is 0.462. The predicted molar refractivity (Wildman–Crippen MR) is 40.6 cm³/mol. The zero-order chi connectivity index (χ0) is 11.2. The van der Waals surface area contributed by atoms with Gasteiger partial charge in [-0.3, -0.25) is 0 Å². The first-order chi connectivity index (χ1) is 6.39. The lowest BCUT2D eigenvalue weighted by atomic mass is 10.5. The van der Waals surface area contributed by atoms with Crippen molar-refractivity contribution in [2.45, 2.75) is 12.1 Å². The normalized spacial score (nSPS) is 13.3. The van der Waals surface area contributed by atoms with Gasteiger partial charge in [0.1, 0.15) is 13.2 Å². The quantitative estimate of drug-likeness (QED) is 0.627. The average molecular weight is 218 g/mol. The number of hydrogen-bond acceptors (Lipinski definition) is 4. The average Bonchev–Trinajstić information content (AvgIpc) is 2.11. The summed E-state index contributed by atoms with van der Waals surface area (Å²) in [6, 6.07) is 0. The monoisotopic (exact) mass is 218 g/mol. The first kappa shape index (κ1) is 13.6. The Hall–Kier alpha value is -0.370. The van der Waals surface area contributed by atoms with E-state index < -0.39 is 25.4 Å². The molecule has 0 aliphatic heterocycles. The van der Waals surface area contributed by atoms with Crippen molar-refractivity contribution in [2.75, 3.05) is 34.5 Å². The first-order valence-corrected chi connectivity index (χ1v) is 3.69. The van der Waals surface area contributed by atoms with Crippen LogP contribution < -0.4 is 0 Å². The topological polar surface area (TPSA) is 36.9 Å². The summed E-state index contributed by atoms with van der Waals surface area (Å²) in [7, 11) is 3.72. The maximum Gasteiger partial charge on any atom is 0.411 e. The Labute approximate surface area is 79.9 Å². The summed E-state index contributed by atoms with van der Waals surface area (Å²) in [4.78, 5) is 0. The zero-order valence-corrected chi connectivity index (χ0v) is 8.18. The molecule has 0 amide bonds. The summed E-state index contributed by atoms with van der Waals surface area (Å²) < 4.78 is 53.6. The zero-order valence-electron chi connectivity index (χ0n) is 8.18. The minimum Gasteiger partial charge on any atom is -0.364 e. The molecule has 0 aliphatic rings. The fraction of sp³-hybridized carbons (Fsp3) is 1.00. The Balaban J connectivity index is 3.95. The molecule has 4 nitrogen and oxygen atoms in total. The van der Waals surface area contributed by atoms with Crippen LogP contribution in [-0.2, 0) is 18.9 Å². The maximum absolute atomic E-state index is 11.7. The highest BCUT2D eigenvalue weighted by atomic mass is 19.4. The van der Waals surface area contributed by atoms with E-state index in [0.29, 0.717) is 0 Å². The van der Waals surface area contributed by atoms with Gasteiger partial charge >= 0.3 is 12.1 Å². The van der Waals surface area contributed by atoms with Gasteiger partial charge in [-0.15, -0.1) is 0 Å². The predicted octanol–water partition coefficient (Wildman–Crippen LogP) is 1.16. The Kier molecular flexibility index (Phi) is 5.35. The third-order valence-corrected chi connectivity index (χ3v) is 1.48. The van der Waals surface area contributed by atoms with E-state index in [-0.39, 0.29) is 0 Å². The first-order valence-electron chi connectivity index (χ1n) is 3.69. The van der Waals surface area contributed by atoms with E-state index >= 15 is 0 Å². The van der Waals surface area contributed by atoms with Gasteiger partial charge in [-0.2, -0.15) is 13.2 Å². The van der Waals surface area contributed by atoms with E-state index in [1.165, 1.54) is 21.3 Å². The molecule has 0 radical (unpaired) electrons. The van der Waals surface area contributed by atoms with E-state index in [1.807, 2.05) is 0 Å². The molecule has 7 heteroatoms. The largest absolute Gasteiger partial charge is 0.411 e. The van der Waals surface area contributed by atoms with Crippen molar-refractivity contribution in [1.82, 2.24) is 0 Å². The van der Waals surface area contributed by atoms with Crippen molar-refractivity contribution < 1.29 is 32.1 Å². The number of halogens is 3. The molecule has 0 saturated carbocycles. The van der Waals surface area contributed by atoms with Gasteiger partial charge in [0.15, 0.2) is 0 Å². The molecule has 0 aromatic carbocycles. The van der Waals surface area contributed by atoms with E-state index in [1.54, 1.807) is 0 Å². The van der Waals surface area contributed by atoms with E-state index in [2.05, 4.69) is 4.74 Å². The summed E-state index contributed by atoms with van der Waals surface area (Å²) in [6.07, 6.45) is -4.37. The van der Waals surface area contributed by atoms with Crippen LogP contribution >= 0.6 is 0 Å². The second-order valence-corrected chi connectivity index (χ2v) is 2.40. The molecule has 0 atom stereocenters. The summed E-state index contributed by atoms with van der Waals surface area (Å²) in [5, 5.41) is 0. The van der Waals surface area contributed by atoms with Crippen LogP contribution in [-0.4, -0.2) is 46.7 Å². The molecular formula is C7H13F3O4. The van der Waals surface area contributed by atoms with Crippen LogP contribution in [0, 0.1) is 0 Å². The van der Waals surface area contributed by atoms with E-state index in [9.17, 15) is 13.2 Å². The number of methoxy groups -OCH3 is 3. The highest BCUT2D eigenvalue weighted by Crippen LogP contribution is 2.17. The Bertz CT molecular complexity index is 147. The van der Waals surface area contributed by atoms with Crippen LogP contribution in [0.15, 0.2) is 0 Å². The van der Waals surface area contributed by atoms with Crippen molar-refractivity contribution in [3.63, 3.8) is 0 Å². The highest BCUT2D eigenvalue weighted by Gasteiger charge is 2.34. The van der Waals surface area contributed by atoms with Crippen molar-refractivity contribution in [2.24, 2.45) is 0 Å². The molecule has 0 spiro atoms. The molecule has 0 aromatic heterocycles. The van der Waals surface area contributed by atoms with Gasteiger partial charge in [0.25, 0.3) is 0 Å². The van der Waals surface area contributed by atoms with Crippen molar-refractivity contribution in [3.05, 3.63) is 0 Å². The summed E-state index contributed by atoms with van der Waals surface area (Å²) >= 11 is 0. The standard InChI is InChI=1S/C7H13F3O4/c1-11-7(12-2,13-3)5-14-4-6(8,9)10/h4-5H2,1-3H3. The summed E-state index contributed by atoms with van der Waals surface area (Å²) in [5.41, 5.74) is 0. The van der Waals surface area contributed by atoms with Gasteiger partial charge in [0.2, 0.25) is 0 Å². The molecule has 0 unspecified atom stereocenters. The Morgan fingerprint density at radius 3 is 1.57 bits per heavy atom. The van der Waals surface area contributed by atoms with Gasteiger partial charge in [-0.1, -0.05) is 0 Å². The molecule has 14 heavy (non-hydrogen) atoms. The van der Waals surface area contributed by atoms with Crippen LogP contribution in [0.5, 0.6) is 0 Å². The Morgan fingerprint density at radius 2 is 1.29 bits per heavy atom. The van der Waals surface area contributed by atoms with Gasteiger partial charge in [0.05, 0.1) is 0 Å². The molecule has 0 bridgehead atoms. The highest BCUT2D eigenvalue weighted by molar-refractivity contribution is 4.55. The fourth-order valence-corrected chi connectivity index (χ4v) is 0.719. The lowest BCUT2D eigenvalue weighted by Crippen LogP contribution is -2.42. The van der Waals surface area contributed by atoms with Gasteiger partial charge in [-0.05, 0) is 0 Å². The van der Waals surface area contributed by atoms with Gasteiger partial charge < -0.3 is 18.9 Å². The van der Waals surface area contributed by atoms with Crippen molar-refractivity contribution >= 4 is 0 Å². The molecule has 0 fully saturated rings. The van der Waals surface area contributed by atoms with Crippen molar-refractivity contribution in [1.29, 1.82) is 0 Å². The van der Waals surface area contributed by atoms with Crippen LogP contribution in [0.2, 0.25) is 0 Å². The van der Waals surface area contributed by atoms with Crippen molar-refractivity contribution in [3.8, 4) is 0 Å². The summed E-state index contributed by atoms with van der Waals surface area (Å²) in [5.74, 6) is -1.58. The smallest absolute Gasteiger partial charge is 0.364 e.